The first-order chi connectivity index (χ1) is 24.1. The van der Waals surface area contributed by atoms with Gasteiger partial charge in [0.25, 0.3) is 0 Å². The maximum absolute atomic E-state index is 12.6. The quantitative estimate of drug-likeness (QED) is 0.198. The third kappa shape index (κ3) is 7.42. The molecule has 49 heavy (non-hydrogen) atoms. The second-order valence-electron chi connectivity index (χ2n) is 11.0. The number of rotatable bonds is 9. The van der Waals surface area contributed by atoms with E-state index in [9.17, 15) is 4.39 Å². The molecule has 13 nitrogen and oxygen atoms in total. The largest absolute Gasteiger partial charge is 0.446 e. The highest BCUT2D eigenvalue weighted by molar-refractivity contribution is 5.83. The van der Waals surface area contributed by atoms with Crippen LogP contribution in [0.1, 0.15) is 38.1 Å². The average molecular weight is 659 g/mol. The van der Waals surface area contributed by atoms with Crippen LogP contribution in [0.3, 0.4) is 0 Å². The summed E-state index contributed by atoms with van der Waals surface area (Å²) in [6.07, 6.45) is 8.24. The van der Waals surface area contributed by atoms with Crippen molar-refractivity contribution in [3.05, 3.63) is 90.8 Å². The van der Waals surface area contributed by atoms with Gasteiger partial charge in [0.1, 0.15) is 23.1 Å². The van der Waals surface area contributed by atoms with Crippen LogP contribution in [-0.4, -0.2) is 70.3 Å². The Hall–Kier alpha value is -6.07. The topological polar surface area (TPSA) is 169 Å². The van der Waals surface area contributed by atoms with Crippen LogP contribution in [0.4, 0.5) is 16.0 Å². The van der Waals surface area contributed by atoms with E-state index in [0.717, 1.165) is 43.7 Å². The van der Waals surface area contributed by atoms with Gasteiger partial charge in [0.2, 0.25) is 18.6 Å². The van der Waals surface area contributed by atoms with E-state index >= 15 is 0 Å². The monoisotopic (exact) mass is 658 g/mol. The summed E-state index contributed by atoms with van der Waals surface area (Å²) in [7, 11) is 0. The zero-order valence-electron chi connectivity index (χ0n) is 27.2. The van der Waals surface area contributed by atoms with Gasteiger partial charge in [0, 0.05) is 67.8 Å². The molecule has 6 heterocycles. The summed E-state index contributed by atoms with van der Waals surface area (Å²) in [5.41, 5.74) is 11.4. The van der Waals surface area contributed by atoms with E-state index in [4.69, 9.17) is 25.7 Å². The molecule has 0 radical (unpaired) electrons. The summed E-state index contributed by atoms with van der Waals surface area (Å²) in [6, 6.07) is 19.5. The third-order valence-corrected chi connectivity index (χ3v) is 7.97. The molecule has 14 heteroatoms. The van der Waals surface area contributed by atoms with Gasteiger partial charge in [-0.2, -0.15) is 5.26 Å². The standard InChI is InChI=1S/C33H29FN12O.C2H6/c34-20-47-29-8-3-22(18-40-29)25-6-7-26-32(42-25)46(33(43-26)30-31(36)39-14-13-38-30)24-4-1-21(2-5-24)19-45-15-10-23(11-16-45)41-27-9-12-37-28(17-35)44-27;1-2/h1-9,12-14,18,23H,10-11,15-16,19-20H2,(H2,36,39)(H,37,41,44);1-2H3. The number of nitrogens with zero attached hydrogens (tertiary/aromatic N) is 10. The zero-order chi connectivity index (χ0) is 34.2. The van der Waals surface area contributed by atoms with E-state index in [-0.39, 0.29) is 23.6 Å². The highest BCUT2D eigenvalue weighted by Gasteiger charge is 2.22. The average Bonchev–Trinajstić information content (AvgIpc) is 3.53. The predicted molar refractivity (Wildman–Crippen MR) is 184 cm³/mol. The van der Waals surface area contributed by atoms with Crippen LogP contribution >= 0.6 is 0 Å². The number of hydrogen-bond donors (Lipinski definition) is 2. The molecule has 7 rings (SSSR count). The number of nitrogens with two attached hydrogens (primary N) is 1. The number of ether oxygens (including phenoxy) is 1. The molecule has 5 aromatic heterocycles. The smallest absolute Gasteiger partial charge is 0.234 e. The number of fused-ring (bicyclic) bond motifs is 1. The molecule has 0 unspecified atom stereocenters. The van der Waals surface area contributed by atoms with Crippen LogP contribution in [0, 0.1) is 11.3 Å². The van der Waals surface area contributed by atoms with E-state index in [1.54, 1.807) is 43.0 Å². The number of halogens is 1. The van der Waals surface area contributed by atoms with Crippen molar-refractivity contribution in [2.24, 2.45) is 0 Å². The molecule has 1 aromatic carbocycles. The number of nitrogen functional groups attached to an aromatic ring is 1. The van der Waals surface area contributed by atoms with E-state index in [0.29, 0.717) is 34.2 Å². The van der Waals surface area contributed by atoms with Crippen molar-refractivity contribution in [1.29, 1.82) is 5.26 Å². The first-order valence-electron chi connectivity index (χ1n) is 16.0. The fourth-order valence-corrected chi connectivity index (χ4v) is 5.66. The van der Waals surface area contributed by atoms with Crippen molar-refractivity contribution in [3.63, 3.8) is 0 Å². The van der Waals surface area contributed by atoms with Crippen molar-refractivity contribution in [1.82, 2.24) is 44.4 Å². The Labute approximate surface area is 282 Å². The molecule has 0 bridgehead atoms. The fraction of sp³-hybridized carbons (Fsp3) is 0.257. The molecular weight excluding hydrogens is 623 g/mol. The van der Waals surface area contributed by atoms with Crippen molar-refractivity contribution >= 4 is 22.8 Å². The summed E-state index contributed by atoms with van der Waals surface area (Å²) in [5, 5.41) is 12.5. The highest BCUT2D eigenvalue weighted by atomic mass is 19.1. The first-order valence-corrected chi connectivity index (χ1v) is 16.0. The van der Waals surface area contributed by atoms with Crippen molar-refractivity contribution < 1.29 is 9.13 Å². The van der Waals surface area contributed by atoms with Crippen LogP contribution in [0.15, 0.2) is 79.4 Å². The minimum atomic E-state index is -0.949. The van der Waals surface area contributed by atoms with E-state index in [2.05, 4.69) is 47.3 Å². The lowest BCUT2D eigenvalue weighted by Gasteiger charge is -2.32. The SMILES string of the molecule is CC.N#Cc1nccc(NC2CCN(Cc3ccc(-n4c(-c5nccnc5N)nc5ccc(-c6ccc(OCF)nc6)nc54)cc3)CC2)n1. The number of piperidine rings is 1. The predicted octanol–water partition coefficient (Wildman–Crippen LogP) is 5.59. The molecule has 1 aliphatic heterocycles. The summed E-state index contributed by atoms with van der Waals surface area (Å²) in [6.45, 7) is 5.72. The number of benzene rings is 1. The Balaban J connectivity index is 0.00000205. The Bertz CT molecular complexity index is 2050. The maximum atomic E-state index is 12.6. The number of imidazole rings is 1. The molecule has 0 saturated carbocycles. The Morgan fingerprint density at radius 3 is 2.43 bits per heavy atom. The van der Waals surface area contributed by atoms with Crippen molar-refractivity contribution in [2.45, 2.75) is 39.3 Å². The van der Waals surface area contributed by atoms with Gasteiger partial charge in [-0.1, -0.05) is 26.0 Å². The molecule has 0 aliphatic carbocycles. The Morgan fingerprint density at radius 2 is 1.71 bits per heavy atom. The van der Waals surface area contributed by atoms with Gasteiger partial charge in [-0.3, -0.25) is 9.47 Å². The van der Waals surface area contributed by atoms with Gasteiger partial charge in [0.15, 0.2) is 17.3 Å². The normalized spacial score (nSPS) is 13.3. The van der Waals surface area contributed by atoms with Gasteiger partial charge in [-0.15, -0.1) is 0 Å². The zero-order valence-corrected chi connectivity index (χ0v) is 27.2. The fourth-order valence-electron chi connectivity index (χ4n) is 5.66. The summed E-state index contributed by atoms with van der Waals surface area (Å²) in [4.78, 5) is 33.3. The van der Waals surface area contributed by atoms with E-state index in [1.807, 2.05) is 48.7 Å². The second kappa shape index (κ2) is 15.2. The Morgan fingerprint density at radius 1 is 0.918 bits per heavy atom. The molecule has 1 aliphatic rings. The van der Waals surface area contributed by atoms with Crippen molar-refractivity contribution in [3.8, 4) is 40.4 Å². The number of nitriles is 1. The number of likely N-dealkylation sites (tertiary alicyclic amines) is 1. The number of nitrogens with one attached hydrogen (secondary N) is 1. The number of anilines is 2. The van der Waals surface area contributed by atoms with E-state index < -0.39 is 6.86 Å². The van der Waals surface area contributed by atoms with Crippen molar-refractivity contribution in [2.75, 3.05) is 31.0 Å². The van der Waals surface area contributed by atoms with Crippen LogP contribution in [0.5, 0.6) is 5.88 Å². The molecular formula is C35H35FN12O. The molecule has 0 amide bonds. The minimum Gasteiger partial charge on any atom is -0.446 e. The summed E-state index contributed by atoms with van der Waals surface area (Å²) in [5.74, 6) is 1.82. The maximum Gasteiger partial charge on any atom is 0.234 e. The van der Waals surface area contributed by atoms with Gasteiger partial charge in [0.05, 0.1) is 5.69 Å². The number of hydrogen-bond acceptors (Lipinski definition) is 12. The van der Waals surface area contributed by atoms with Gasteiger partial charge < -0.3 is 15.8 Å². The first kappa shape index (κ1) is 32.9. The molecule has 1 fully saturated rings. The number of aromatic nitrogens is 8. The van der Waals surface area contributed by atoms with Gasteiger partial charge >= 0.3 is 0 Å². The number of alkyl halides is 1. The Kier molecular flexibility index (Phi) is 10.2. The molecule has 248 valence electrons. The minimum absolute atomic E-state index is 0.164. The van der Waals surface area contributed by atoms with Gasteiger partial charge in [-0.25, -0.2) is 39.3 Å². The summed E-state index contributed by atoms with van der Waals surface area (Å²) < 4.78 is 19.4. The second-order valence-corrected chi connectivity index (χ2v) is 11.0. The third-order valence-electron chi connectivity index (χ3n) is 7.97. The lowest BCUT2D eigenvalue weighted by Crippen LogP contribution is -2.38. The molecule has 0 atom stereocenters. The molecule has 1 saturated heterocycles. The highest BCUT2D eigenvalue weighted by Crippen LogP contribution is 2.31. The van der Waals surface area contributed by atoms with Crippen LogP contribution in [-0.2, 0) is 6.54 Å². The molecule has 6 aromatic rings. The molecule has 3 N–H and O–H groups in total. The lowest BCUT2D eigenvalue weighted by molar-refractivity contribution is 0.185. The van der Waals surface area contributed by atoms with E-state index in [1.165, 1.54) is 5.56 Å². The van der Waals surface area contributed by atoms with Crippen LogP contribution in [0.25, 0.3) is 39.6 Å². The number of pyridine rings is 2. The summed E-state index contributed by atoms with van der Waals surface area (Å²) >= 11 is 0. The molecule has 0 spiro atoms. The van der Waals surface area contributed by atoms with Gasteiger partial charge in [-0.05, 0) is 54.8 Å². The lowest BCUT2D eigenvalue weighted by atomic mass is 10.0. The van der Waals surface area contributed by atoms with Crippen LogP contribution in [0.2, 0.25) is 0 Å². The van der Waals surface area contributed by atoms with Crippen LogP contribution < -0.4 is 15.8 Å².